The van der Waals surface area contributed by atoms with Crippen LogP contribution in [0.25, 0.3) is 0 Å². The average Bonchev–Trinajstić information content (AvgIpc) is 2.18. The van der Waals surface area contributed by atoms with Gasteiger partial charge in [0.15, 0.2) is 0 Å². The lowest BCUT2D eigenvalue weighted by Gasteiger charge is -2.11. The molecule has 0 fully saturated rings. The maximum atomic E-state index is 5.24. The summed E-state index contributed by atoms with van der Waals surface area (Å²) in [6, 6.07) is 0. The lowest BCUT2D eigenvalue weighted by molar-refractivity contribution is 0.148. The van der Waals surface area contributed by atoms with Crippen LogP contribution in [0.15, 0.2) is 12.3 Å². The maximum Gasteiger partial charge on any atom is 0.101 e. The van der Waals surface area contributed by atoms with E-state index in [4.69, 9.17) is 4.74 Å². The molecule has 2 unspecified atom stereocenters. The Morgan fingerprint density at radius 2 is 2.33 bits per heavy atom. The normalized spacial score (nSPS) is 32.7. The maximum absolute atomic E-state index is 5.24. The van der Waals surface area contributed by atoms with Crippen molar-refractivity contribution in [3.8, 4) is 0 Å². The molecule has 1 aliphatic rings. The highest BCUT2D eigenvalue weighted by molar-refractivity contribution is 4.93. The Morgan fingerprint density at radius 3 is 2.78 bits per heavy atom. The highest BCUT2D eigenvalue weighted by Gasteiger charge is 2.17. The van der Waals surface area contributed by atoms with E-state index >= 15 is 0 Å². The van der Waals surface area contributed by atoms with E-state index in [9.17, 15) is 0 Å². The predicted molar refractivity (Wildman–Crippen MR) is 38.1 cm³/mol. The average molecular weight is 126 g/mol. The fourth-order valence-corrected chi connectivity index (χ4v) is 1.19. The highest BCUT2D eigenvalue weighted by Crippen LogP contribution is 2.21. The summed E-state index contributed by atoms with van der Waals surface area (Å²) in [4.78, 5) is 0. The van der Waals surface area contributed by atoms with Gasteiger partial charge in [-0.3, -0.25) is 0 Å². The van der Waals surface area contributed by atoms with Gasteiger partial charge in [-0.2, -0.15) is 0 Å². The zero-order chi connectivity index (χ0) is 6.69. The van der Waals surface area contributed by atoms with Gasteiger partial charge in [-0.05, 0) is 19.4 Å². The summed E-state index contributed by atoms with van der Waals surface area (Å²) in [7, 11) is 0. The Kier molecular flexibility index (Phi) is 2.15. The van der Waals surface area contributed by atoms with Crippen molar-refractivity contribution in [2.24, 2.45) is 5.92 Å². The van der Waals surface area contributed by atoms with Crippen LogP contribution >= 0.6 is 0 Å². The first-order valence-electron chi connectivity index (χ1n) is 3.66. The molecular weight excluding hydrogens is 112 g/mol. The lowest BCUT2D eigenvalue weighted by Crippen LogP contribution is -2.10. The molecule has 1 heterocycles. The van der Waals surface area contributed by atoms with Gasteiger partial charge in [0.05, 0.1) is 6.26 Å². The van der Waals surface area contributed by atoms with Crippen LogP contribution in [0.3, 0.4) is 0 Å². The van der Waals surface area contributed by atoms with Crippen molar-refractivity contribution in [3.05, 3.63) is 12.3 Å². The Bertz CT molecular complexity index is 107. The van der Waals surface area contributed by atoms with Crippen molar-refractivity contribution in [2.75, 3.05) is 0 Å². The Balaban J connectivity index is 2.31. The summed E-state index contributed by atoms with van der Waals surface area (Å²) in [5.74, 6) is 0.676. The first-order valence-corrected chi connectivity index (χ1v) is 3.66. The van der Waals surface area contributed by atoms with E-state index in [-0.39, 0.29) is 0 Å². The number of rotatable bonds is 2. The summed E-state index contributed by atoms with van der Waals surface area (Å²) >= 11 is 0. The third-order valence-corrected chi connectivity index (χ3v) is 1.84. The van der Waals surface area contributed by atoms with Crippen molar-refractivity contribution in [1.82, 2.24) is 0 Å². The van der Waals surface area contributed by atoms with Crippen LogP contribution < -0.4 is 0 Å². The summed E-state index contributed by atoms with van der Waals surface area (Å²) in [6.45, 7) is 4.33. The fourth-order valence-electron chi connectivity index (χ4n) is 1.19. The second-order valence-electron chi connectivity index (χ2n) is 2.62. The second-order valence-corrected chi connectivity index (χ2v) is 2.62. The minimum absolute atomic E-state index is 0.421. The lowest BCUT2D eigenvalue weighted by atomic mass is 10.0. The Labute approximate surface area is 56.7 Å². The Morgan fingerprint density at radius 1 is 1.56 bits per heavy atom. The van der Waals surface area contributed by atoms with Crippen molar-refractivity contribution >= 4 is 0 Å². The summed E-state index contributed by atoms with van der Waals surface area (Å²) in [6.07, 6.45) is 6.92. The number of ether oxygens (including phenoxy) is 1. The molecule has 1 aliphatic heterocycles. The van der Waals surface area contributed by atoms with E-state index in [0.29, 0.717) is 12.0 Å². The summed E-state index contributed by atoms with van der Waals surface area (Å²) in [5, 5.41) is 0. The van der Waals surface area contributed by atoms with Crippen molar-refractivity contribution in [1.29, 1.82) is 0 Å². The van der Waals surface area contributed by atoms with Crippen LogP contribution in [0.4, 0.5) is 0 Å². The standard InChI is InChI=1S/C8H14O/c1-3-4-8-5-6-9-7(8)2/h5-8H,3-4H2,1-2H3. The van der Waals surface area contributed by atoms with E-state index in [1.54, 1.807) is 0 Å². The zero-order valence-corrected chi connectivity index (χ0v) is 6.13. The van der Waals surface area contributed by atoms with Gasteiger partial charge in [-0.1, -0.05) is 13.3 Å². The van der Waals surface area contributed by atoms with Crippen LogP contribution in [0, 0.1) is 5.92 Å². The molecule has 0 aromatic heterocycles. The minimum Gasteiger partial charge on any atom is -0.498 e. The molecule has 0 aromatic carbocycles. The minimum atomic E-state index is 0.421. The molecule has 9 heavy (non-hydrogen) atoms. The first kappa shape index (κ1) is 6.66. The highest BCUT2D eigenvalue weighted by atomic mass is 16.5. The monoisotopic (exact) mass is 126 g/mol. The Hall–Kier alpha value is -0.460. The summed E-state index contributed by atoms with van der Waals surface area (Å²) < 4.78 is 5.24. The molecule has 1 rings (SSSR count). The number of hydrogen-bond acceptors (Lipinski definition) is 1. The topological polar surface area (TPSA) is 9.23 Å². The van der Waals surface area contributed by atoms with E-state index in [1.807, 2.05) is 6.26 Å². The molecule has 0 spiro atoms. The molecule has 0 radical (unpaired) electrons. The van der Waals surface area contributed by atoms with Crippen LogP contribution in [0.1, 0.15) is 26.7 Å². The second kappa shape index (κ2) is 2.90. The van der Waals surface area contributed by atoms with E-state index in [0.717, 1.165) is 0 Å². The molecule has 0 aromatic rings. The molecule has 52 valence electrons. The third kappa shape index (κ3) is 1.47. The van der Waals surface area contributed by atoms with E-state index in [2.05, 4.69) is 19.9 Å². The smallest absolute Gasteiger partial charge is 0.101 e. The number of hydrogen-bond donors (Lipinski definition) is 0. The summed E-state index contributed by atoms with van der Waals surface area (Å²) in [5.41, 5.74) is 0. The molecule has 2 atom stereocenters. The van der Waals surface area contributed by atoms with Crippen molar-refractivity contribution in [3.63, 3.8) is 0 Å². The van der Waals surface area contributed by atoms with Gasteiger partial charge in [0.1, 0.15) is 6.10 Å². The molecule has 0 saturated carbocycles. The van der Waals surface area contributed by atoms with Crippen LogP contribution in [-0.4, -0.2) is 6.10 Å². The molecule has 0 amide bonds. The fraction of sp³-hybridized carbons (Fsp3) is 0.750. The van der Waals surface area contributed by atoms with Gasteiger partial charge in [0.25, 0.3) is 0 Å². The predicted octanol–water partition coefficient (Wildman–Crippen LogP) is 2.34. The molecule has 1 nitrogen and oxygen atoms in total. The zero-order valence-electron chi connectivity index (χ0n) is 6.13. The van der Waals surface area contributed by atoms with Crippen LogP contribution in [-0.2, 0) is 4.74 Å². The molecule has 0 saturated heterocycles. The van der Waals surface area contributed by atoms with Crippen LogP contribution in [0.2, 0.25) is 0 Å². The quantitative estimate of drug-likeness (QED) is 0.551. The van der Waals surface area contributed by atoms with Crippen LogP contribution in [0.5, 0.6) is 0 Å². The molecule has 1 heteroatoms. The molecule has 0 bridgehead atoms. The van der Waals surface area contributed by atoms with E-state index in [1.165, 1.54) is 12.8 Å². The van der Waals surface area contributed by atoms with E-state index < -0.39 is 0 Å². The van der Waals surface area contributed by atoms with Gasteiger partial charge in [0, 0.05) is 5.92 Å². The first-order chi connectivity index (χ1) is 4.34. The SMILES string of the molecule is CCCC1C=COC1C. The third-order valence-electron chi connectivity index (χ3n) is 1.84. The van der Waals surface area contributed by atoms with Crippen molar-refractivity contribution < 1.29 is 4.74 Å². The molecular formula is C8H14O. The molecule has 0 N–H and O–H groups in total. The van der Waals surface area contributed by atoms with Gasteiger partial charge >= 0.3 is 0 Å². The van der Waals surface area contributed by atoms with Gasteiger partial charge in [0.2, 0.25) is 0 Å². The molecule has 0 aliphatic carbocycles. The van der Waals surface area contributed by atoms with Gasteiger partial charge in [-0.25, -0.2) is 0 Å². The van der Waals surface area contributed by atoms with Crippen molar-refractivity contribution in [2.45, 2.75) is 32.8 Å². The van der Waals surface area contributed by atoms with Gasteiger partial charge < -0.3 is 4.74 Å². The van der Waals surface area contributed by atoms with Gasteiger partial charge in [-0.15, -0.1) is 0 Å². The largest absolute Gasteiger partial charge is 0.498 e.